The fourth-order valence-electron chi connectivity index (χ4n) is 7.16. The quantitative estimate of drug-likeness (QED) is 0.0971. The molecule has 0 saturated heterocycles. The van der Waals surface area contributed by atoms with Crippen LogP contribution >= 0.6 is 0 Å². The highest BCUT2D eigenvalue weighted by Gasteiger charge is 2.17. The van der Waals surface area contributed by atoms with E-state index < -0.39 is 0 Å². The third-order valence-corrected chi connectivity index (χ3v) is 10.9. The van der Waals surface area contributed by atoms with Gasteiger partial charge in [0.15, 0.2) is 0 Å². The molecule has 2 atom stereocenters. The first kappa shape index (κ1) is 37.8. The molecule has 0 aliphatic heterocycles. The molecule has 278 valence electrons. The second-order valence-corrected chi connectivity index (χ2v) is 14.5. The summed E-state index contributed by atoms with van der Waals surface area (Å²) in [7, 11) is 0. The van der Waals surface area contributed by atoms with Crippen LogP contribution in [0.25, 0.3) is 33.4 Å². The van der Waals surface area contributed by atoms with Gasteiger partial charge in [0, 0.05) is 28.2 Å². The van der Waals surface area contributed by atoms with E-state index in [9.17, 15) is 0 Å². The molecule has 0 aliphatic rings. The van der Waals surface area contributed by atoms with Crippen LogP contribution in [0.2, 0.25) is 0 Å². The zero-order valence-corrected chi connectivity index (χ0v) is 32.7. The lowest BCUT2D eigenvalue weighted by Gasteiger charge is -2.27. The minimum Gasteiger partial charge on any atom is -0.421 e. The lowest BCUT2D eigenvalue weighted by atomic mass is 9.89. The molecule has 0 heterocycles. The van der Waals surface area contributed by atoms with Crippen LogP contribution in [-0.4, -0.2) is 11.8 Å². The van der Waals surface area contributed by atoms with Crippen molar-refractivity contribution in [3.63, 3.8) is 0 Å². The Morgan fingerprint density at radius 2 is 0.768 bits per heavy atom. The first-order valence-electron chi connectivity index (χ1n) is 19.6. The van der Waals surface area contributed by atoms with E-state index in [2.05, 4.69) is 154 Å². The molecule has 7 rings (SSSR count). The Labute approximate surface area is 332 Å². The van der Waals surface area contributed by atoms with Crippen molar-refractivity contribution in [2.75, 3.05) is 4.90 Å². The summed E-state index contributed by atoms with van der Waals surface area (Å²) in [6.07, 6.45) is 2.23. The number of hydrogen-bond acceptors (Lipinski definition) is 4. The normalized spacial score (nSPS) is 12.1. The van der Waals surface area contributed by atoms with Crippen LogP contribution in [0.4, 0.5) is 17.1 Å². The van der Waals surface area contributed by atoms with E-state index in [0.717, 1.165) is 63.3 Å². The third kappa shape index (κ3) is 8.25. The van der Waals surface area contributed by atoms with Crippen molar-refractivity contribution in [2.24, 2.45) is 0 Å². The van der Waals surface area contributed by atoms with Crippen molar-refractivity contribution in [2.45, 2.75) is 52.4 Å². The maximum Gasteiger partial charge on any atom is 0.221 e. The first-order chi connectivity index (χ1) is 27.3. The number of benzene rings is 7. The van der Waals surface area contributed by atoms with E-state index in [1.54, 1.807) is 12.1 Å². The Kier molecular flexibility index (Phi) is 11.7. The predicted octanol–water partition coefficient (Wildman–Crippen LogP) is 14.6. The summed E-state index contributed by atoms with van der Waals surface area (Å²) in [6.45, 7) is 9.06. The molecule has 0 spiro atoms. The van der Waals surface area contributed by atoms with Crippen molar-refractivity contribution in [3.05, 3.63) is 198 Å². The van der Waals surface area contributed by atoms with Crippen molar-refractivity contribution < 1.29 is 4.74 Å². The molecule has 2 N–H and O–H groups in total. The molecule has 0 aliphatic carbocycles. The van der Waals surface area contributed by atoms with Gasteiger partial charge in [0.25, 0.3) is 0 Å². The fourth-order valence-corrected chi connectivity index (χ4v) is 7.16. The molecular weight excluding hydrogens is 683 g/mol. The monoisotopic (exact) mass is 731 g/mol. The third-order valence-electron chi connectivity index (χ3n) is 10.9. The van der Waals surface area contributed by atoms with E-state index in [1.165, 1.54) is 11.1 Å². The minimum atomic E-state index is -0.0581. The number of anilines is 3. The van der Waals surface area contributed by atoms with Crippen molar-refractivity contribution in [1.29, 1.82) is 10.8 Å². The molecule has 0 radical (unpaired) electrons. The molecule has 2 unspecified atom stereocenters. The Morgan fingerprint density at radius 1 is 0.429 bits per heavy atom. The summed E-state index contributed by atoms with van der Waals surface area (Å²) in [4.78, 5) is 2.35. The van der Waals surface area contributed by atoms with E-state index in [1.807, 2.05) is 42.5 Å². The van der Waals surface area contributed by atoms with Gasteiger partial charge in [0.2, 0.25) is 11.8 Å². The smallest absolute Gasteiger partial charge is 0.221 e. The van der Waals surface area contributed by atoms with Crippen LogP contribution in [0, 0.1) is 10.8 Å². The average Bonchev–Trinajstić information content (AvgIpc) is 3.27. The molecule has 0 saturated carbocycles. The van der Waals surface area contributed by atoms with Crippen LogP contribution < -0.4 is 4.90 Å². The van der Waals surface area contributed by atoms with Gasteiger partial charge in [0.1, 0.15) is 0 Å². The van der Waals surface area contributed by atoms with Gasteiger partial charge in [-0.2, -0.15) is 0 Å². The molecule has 0 aromatic heterocycles. The summed E-state index contributed by atoms with van der Waals surface area (Å²) < 4.78 is 5.60. The van der Waals surface area contributed by atoms with Crippen LogP contribution in [0.5, 0.6) is 0 Å². The Morgan fingerprint density at radius 3 is 1.18 bits per heavy atom. The van der Waals surface area contributed by atoms with Gasteiger partial charge in [0.05, 0.1) is 0 Å². The second-order valence-electron chi connectivity index (χ2n) is 14.5. The Bertz CT molecular complexity index is 2350. The van der Waals surface area contributed by atoms with Gasteiger partial charge in [-0.15, -0.1) is 0 Å². The summed E-state index contributed by atoms with van der Waals surface area (Å²) in [5.41, 5.74) is 14.0. The number of ether oxygens (including phenoxy) is 1. The average molecular weight is 732 g/mol. The summed E-state index contributed by atoms with van der Waals surface area (Å²) in [6, 6.07) is 61.1. The highest BCUT2D eigenvalue weighted by molar-refractivity contribution is 6.05. The molecule has 0 bridgehead atoms. The second kappa shape index (κ2) is 17.3. The highest BCUT2D eigenvalue weighted by atomic mass is 16.5. The van der Waals surface area contributed by atoms with Gasteiger partial charge in [-0.05, 0) is 130 Å². The van der Waals surface area contributed by atoms with Crippen molar-refractivity contribution >= 4 is 28.9 Å². The van der Waals surface area contributed by atoms with Crippen LogP contribution in [0.15, 0.2) is 176 Å². The molecule has 0 fully saturated rings. The molecule has 4 heteroatoms. The van der Waals surface area contributed by atoms with E-state index in [-0.39, 0.29) is 11.8 Å². The van der Waals surface area contributed by atoms with E-state index in [0.29, 0.717) is 23.0 Å². The zero-order valence-electron chi connectivity index (χ0n) is 32.7. The van der Waals surface area contributed by atoms with Crippen molar-refractivity contribution in [1.82, 2.24) is 0 Å². The minimum absolute atomic E-state index is 0.0474. The maximum atomic E-state index is 8.52. The highest BCUT2D eigenvalue weighted by Crippen LogP contribution is 2.41. The molecule has 7 aromatic rings. The SMILES string of the molecule is CCC(C)c1ccc(N(c2ccc(-c3ccccc3-c3ccccc3-c3ccc(C(=N)OC(=N)c4ccccc4)cc3)cc2)c2ccc(C(C)CC)cc2)cc1. The largest absolute Gasteiger partial charge is 0.421 e. The van der Waals surface area contributed by atoms with Crippen molar-refractivity contribution in [3.8, 4) is 33.4 Å². The van der Waals surface area contributed by atoms with Crippen LogP contribution in [0.1, 0.15) is 74.6 Å². The lowest BCUT2D eigenvalue weighted by Crippen LogP contribution is -2.12. The van der Waals surface area contributed by atoms with E-state index in [4.69, 9.17) is 15.6 Å². The standard InChI is InChI=1S/C52H49N3O/c1-5-36(3)38-24-30-44(31-25-38)55(45-32-26-39(27-33-45)37(4)6-2)46-34-28-41(29-35-46)48-17-11-13-19-50(48)49-18-12-10-16-47(49)40-20-22-43(23-21-40)52(54)56-51(53)42-14-8-7-9-15-42/h7-37,53-54H,5-6H2,1-4H3. The van der Waals surface area contributed by atoms with Gasteiger partial charge < -0.3 is 9.64 Å². The fraction of sp³-hybridized carbons (Fsp3) is 0.154. The lowest BCUT2D eigenvalue weighted by molar-refractivity contribution is 0.538. The zero-order chi connectivity index (χ0) is 39.0. The molecular formula is C52H49N3O. The number of nitrogens with zero attached hydrogens (tertiary/aromatic N) is 1. The van der Waals surface area contributed by atoms with Gasteiger partial charge in [-0.1, -0.05) is 143 Å². The van der Waals surface area contributed by atoms with Crippen LogP contribution in [0.3, 0.4) is 0 Å². The predicted molar refractivity (Wildman–Crippen MR) is 236 cm³/mol. The molecule has 4 nitrogen and oxygen atoms in total. The number of nitrogens with one attached hydrogen (secondary N) is 2. The first-order valence-corrected chi connectivity index (χ1v) is 19.6. The van der Waals surface area contributed by atoms with Gasteiger partial charge >= 0.3 is 0 Å². The van der Waals surface area contributed by atoms with Crippen LogP contribution in [-0.2, 0) is 4.74 Å². The van der Waals surface area contributed by atoms with Gasteiger partial charge in [-0.3, -0.25) is 10.8 Å². The van der Waals surface area contributed by atoms with Gasteiger partial charge in [-0.25, -0.2) is 0 Å². The molecule has 56 heavy (non-hydrogen) atoms. The van der Waals surface area contributed by atoms with E-state index >= 15 is 0 Å². The molecule has 7 aromatic carbocycles. The summed E-state index contributed by atoms with van der Waals surface area (Å²) in [5.74, 6) is 0.935. The Hall–Kier alpha value is -6.52. The number of hydrogen-bond donors (Lipinski definition) is 2. The maximum absolute atomic E-state index is 8.52. The molecule has 0 amide bonds. The summed E-state index contributed by atoms with van der Waals surface area (Å²) >= 11 is 0. The summed E-state index contributed by atoms with van der Waals surface area (Å²) in [5, 5.41) is 16.8. The number of rotatable bonds is 12. The topological polar surface area (TPSA) is 60.2 Å². The Balaban J connectivity index is 1.19.